The maximum absolute atomic E-state index is 12.3. The van der Waals surface area contributed by atoms with Gasteiger partial charge in [-0.2, -0.15) is 0 Å². The molecule has 0 saturated carbocycles. The molecule has 3 aromatic rings. The zero-order valence-electron chi connectivity index (χ0n) is 14.5. The summed E-state index contributed by atoms with van der Waals surface area (Å²) in [7, 11) is 0. The molecule has 0 aliphatic carbocycles. The van der Waals surface area contributed by atoms with Gasteiger partial charge in [-0.05, 0) is 29.8 Å². The van der Waals surface area contributed by atoms with E-state index in [1.165, 1.54) is 0 Å². The highest BCUT2D eigenvalue weighted by atomic mass is 16.5. The molecular formula is C21H19N3O3. The molecule has 6 heteroatoms. The first-order chi connectivity index (χ1) is 13.1. The number of hydrogen-bond acceptors (Lipinski definition) is 3. The van der Waals surface area contributed by atoms with E-state index in [9.17, 15) is 9.59 Å². The molecule has 0 atom stereocenters. The van der Waals surface area contributed by atoms with Crippen LogP contribution in [0.5, 0.6) is 5.75 Å². The van der Waals surface area contributed by atoms with Gasteiger partial charge in [0.2, 0.25) is 0 Å². The van der Waals surface area contributed by atoms with E-state index in [0.29, 0.717) is 11.4 Å². The number of carbonyl (C=O) groups excluding carboxylic acids is 2. The topological polar surface area (TPSA) is 93.5 Å². The number of hydrogen-bond donors (Lipinski definition) is 3. The summed E-state index contributed by atoms with van der Waals surface area (Å²) in [5, 5.41) is 5.43. The molecule has 0 radical (unpaired) electrons. The SMILES string of the molecule is NC(=O)c1cccc(NC(=O)Nc2ccccc2)c1OCc1ccccc1. The van der Waals surface area contributed by atoms with Crippen molar-refractivity contribution in [2.24, 2.45) is 5.73 Å². The zero-order chi connectivity index (χ0) is 19.1. The van der Waals surface area contributed by atoms with Crippen LogP contribution >= 0.6 is 0 Å². The molecule has 3 amide bonds. The first-order valence-electron chi connectivity index (χ1n) is 8.36. The maximum Gasteiger partial charge on any atom is 0.323 e. The fourth-order valence-corrected chi connectivity index (χ4v) is 2.52. The summed E-state index contributed by atoms with van der Waals surface area (Å²) in [6, 6.07) is 22.9. The summed E-state index contributed by atoms with van der Waals surface area (Å²) >= 11 is 0. The third kappa shape index (κ3) is 4.85. The van der Waals surface area contributed by atoms with E-state index >= 15 is 0 Å². The second-order valence-corrected chi connectivity index (χ2v) is 5.77. The standard InChI is InChI=1S/C21H19N3O3/c22-20(25)17-12-7-13-18(19(17)27-14-15-8-3-1-4-9-15)24-21(26)23-16-10-5-2-6-11-16/h1-13H,14H2,(H2,22,25)(H2,23,24,26). The van der Waals surface area contributed by atoms with Gasteiger partial charge in [0.05, 0.1) is 11.3 Å². The van der Waals surface area contributed by atoms with Gasteiger partial charge < -0.3 is 21.1 Å². The second kappa shape index (κ2) is 8.53. The summed E-state index contributed by atoms with van der Waals surface area (Å²) in [6.45, 7) is 0.236. The number of urea groups is 1. The van der Waals surface area contributed by atoms with Crippen molar-refractivity contribution in [3.63, 3.8) is 0 Å². The molecule has 136 valence electrons. The van der Waals surface area contributed by atoms with Crippen molar-refractivity contribution >= 4 is 23.3 Å². The first kappa shape index (κ1) is 18.0. The maximum atomic E-state index is 12.3. The predicted molar refractivity (Wildman–Crippen MR) is 105 cm³/mol. The lowest BCUT2D eigenvalue weighted by atomic mass is 10.1. The normalized spacial score (nSPS) is 10.1. The van der Waals surface area contributed by atoms with Crippen LogP contribution in [0.4, 0.5) is 16.2 Å². The van der Waals surface area contributed by atoms with Gasteiger partial charge >= 0.3 is 6.03 Å². The van der Waals surface area contributed by atoms with Crippen LogP contribution in [0.25, 0.3) is 0 Å². The van der Waals surface area contributed by atoms with E-state index in [-0.39, 0.29) is 17.9 Å². The van der Waals surface area contributed by atoms with Crippen molar-refractivity contribution in [1.82, 2.24) is 0 Å². The number of primary amides is 1. The van der Waals surface area contributed by atoms with Crippen LogP contribution in [0.3, 0.4) is 0 Å². The van der Waals surface area contributed by atoms with Gasteiger partial charge in [0.1, 0.15) is 6.61 Å². The lowest BCUT2D eigenvalue weighted by Gasteiger charge is -2.16. The lowest BCUT2D eigenvalue weighted by molar-refractivity contribution is 0.0996. The lowest BCUT2D eigenvalue weighted by Crippen LogP contribution is -2.21. The van der Waals surface area contributed by atoms with Crippen molar-refractivity contribution in [3.05, 3.63) is 90.0 Å². The summed E-state index contributed by atoms with van der Waals surface area (Å²) in [5.74, 6) is -0.401. The highest BCUT2D eigenvalue weighted by Crippen LogP contribution is 2.30. The Kier molecular flexibility index (Phi) is 5.69. The fraction of sp³-hybridized carbons (Fsp3) is 0.0476. The Morgan fingerprint density at radius 3 is 2.15 bits per heavy atom. The van der Waals surface area contributed by atoms with Crippen LogP contribution in [0.15, 0.2) is 78.9 Å². The molecule has 0 unspecified atom stereocenters. The Hall–Kier alpha value is -3.80. The van der Waals surface area contributed by atoms with Gasteiger partial charge in [-0.15, -0.1) is 0 Å². The third-order valence-corrected chi connectivity index (χ3v) is 3.79. The van der Waals surface area contributed by atoms with Crippen LogP contribution in [-0.4, -0.2) is 11.9 Å². The molecule has 0 aromatic heterocycles. The van der Waals surface area contributed by atoms with E-state index in [1.807, 2.05) is 48.5 Å². The number of para-hydroxylation sites is 2. The fourth-order valence-electron chi connectivity index (χ4n) is 2.52. The van der Waals surface area contributed by atoms with Crippen LogP contribution < -0.4 is 21.1 Å². The van der Waals surface area contributed by atoms with Gasteiger partial charge in [0, 0.05) is 5.69 Å². The highest BCUT2D eigenvalue weighted by Gasteiger charge is 2.16. The van der Waals surface area contributed by atoms with Gasteiger partial charge in [-0.1, -0.05) is 54.6 Å². The Balaban J connectivity index is 1.80. The van der Waals surface area contributed by atoms with E-state index < -0.39 is 11.9 Å². The van der Waals surface area contributed by atoms with Crippen molar-refractivity contribution < 1.29 is 14.3 Å². The van der Waals surface area contributed by atoms with Gasteiger partial charge in [-0.25, -0.2) is 4.79 Å². The molecule has 0 fully saturated rings. The zero-order valence-corrected chi connectivity index (χ0v) is 14.5. The van der Waals surface area contributed by atoms with Crippen molar-refractivity contribution in [2.75, 3.05) is 10.6 Å². The number of ether oxygens (including phenoxy) is 1. The summed E-state index contributed by atoms with van der Waals surface area (Å²) in [6.07, 6.45) is 0. The number of benzene rings is 3. The molecule has 0 aliphatic rings. The number of nitrogens with two attached hydrogens (primary N) is 1. The van der Waals surface area contributed by atoms with Crippen molar-refractivity contribution in [1.29, 1.82) is 0 Å². The minimum absolute atomic E-state index is 0.198. The number of anilines is 2. The number of rotatable bonds is 6. The Morgan fingerprint density at radius 1 is 0.815 bits per heavy atom. The quantitative estimate of drug-likeness (QED) is 0.619. The minimum Gasteiger partial charge on any atom is -0.486 e. The smallest absolute Gasteiger partial charge is 0.323 e. The molecule has 27 heavy (non-hydrogen) atoms. The van der Waals surface area contributed by atoms with Crippen LogP contribution in [0.2, 0.25) is 0 Å². The average molecular weight is 361 g/mol. The molecule has 0 bridgehead atoms. The average Bonchev–Trinajstić information content (AvgIpc) is 2.68. The Morgan fingerprint density at radius 2 is 1.48 bits per heavy atom. The first-order valence-corrected chi connectivity index (χ1v) is 8.36. The third-order valence-electron chi connectivity index (χ3n) is 3.79. The van der Waals surface area contributed by atoms with Crippen LogP contribution in [0, 0.1) is 0 Å². The summed E-state index contributed by atoms with van der Waals surface area (Å²) < 4.78 is 5.82. The molecule has 3 rings (SSSR count). The Bertz CT molecular complexity index is 928. The largest absolute Gasteiger partial charge is 0.486 e. The van der Waals surface area contributed by atoms with Crippen LogP contribution in [-0.2, 0) is 6.61 Å². The summed E-state index contributed by atoms with van der Waals surface area (Å²) in [5.41, 5.74) is 7.59. The van der Waals surface area contributed by atoms with E-state index in [4.69, 9.17) is 10.5 Å². The van der Waals surface area contributed by atoms with E-state index in [0.717, 1.165) is 5.56 Å². The number of nitrogens with one attached hydrogen (secondary N) is 2. The molecule has 0 spiro atoms. The summed E-state index contributed by atoms with van der Waals surface area (Å²) in [4.78, 5) is 24.1. The Labute approximate surface area is 157 Å². The van der Waals surface area contributed by atoms with Gasteiger partial charge in [-0.3, -0.25) is 4.79 Å². The molecule has 4 N–H and O–H groups in total. The van der Waals surface area contributed by atoms with E-state index in [1.54, 1.807) is 30.3 Å². The van der Waals surface area contributed by atoms with E-state index in [2.05, 4.69) is 10.6 Å². The number of carbonyl (C=O) groups is 2. The van der Waals surface area contributed by atoms with Crippen LogP contribution in [0.1, 0.15) is 15.9 Å². The second-order valence-electron chi connectivity index (χ2n) is 5.77. The highest BCUT2D eigenvalue weighted by molar-refractivity contribution is 6.03. The molecule has 0 saturated heterocycles. The molecule has 0 heterocycles. The molecule has 0 aliphatic heterocycles. The predicted octanol–water partition coefficient (Wildman–Crippen LogP) is 4.01. The molecular weight excluding hydrogens is 342 g/mol. The van der Waals surface area contributed by atoms with Gasteiger partial charge in [0.25, 0.3) is 5.91 Å². The minimum atomic E-state index is -0.634. The monoisotopic (exact) mass is 361 g/mol. The van der Waals surface area contributed by atoms with Crippen molar-refractivity contribution in [2.45, 2.75) is 6.61 Å². The van der Waals surface area contributed by atoms with Crippen molar-refractivity contribution in [3.8, 4) is 5.75 Å². The number of amides is 3. The molecule has 3 aromatic carbocycles. The molecule has 6 nitrogen and oxygen atoms in total. The van der Waals surface area contributed by atoms with Gasteiger partial charge in [0.15, 0.2) is 5.75 Å².